The summed E-state index contributed by atoms with van der Waals surface area (Å²) in [5.41, 5.74) is 0. The smallest absolute Gasteiger partial charge is 0.852 e. The average molecular weight is 92.1 g/mol. The molecule has 1 fully saturated rings. The molecule has 2 heteroatoms. The van der Waals surface area contributed by atoms with Crippen LogP contribution in [0.15, 0.2) is 0 Å². The summed E-state index contributed by atoms with van der Waals surface area (Å²) in [7, 11) is 0. The van der Waals surface area contributed by atoms with E-state index in [4.69, 9.17) is 0 Å². The van der Waals surface area contributed by atoms with Gasteiger partial charge >= 0.3 is 18.9 Å². The maximum atomic E-state index is 10.3. The Hall–Kier alpha value is 0.557. The van der Waals surface area contributed by atoms with Gasteiger partial charge in [0.2, 0.25) is 0 Å². The zero-order chi connectivity index (χ0) is 4.41. The molecular weight excluding hydrogens is 83.0 g/mol. The Morgan fingerprint density at radius 1 is 1.14 bits per heavy atom. The van der Waals surface area contributed by atoms with E-state index in [1.165, 1.54) is 12.8 Å². The molecule has 0 aliphatic heterocycles. The van der Waals surface area contributed by atoms with E-state index in [0.29, 0.717) is 0 Å². The van der Waals surface area contributed by atoms with Crippen LogP contribution in [0, 0.1) is 0 Å². The van der Waals surface area contributed by atoms with Gasteiger partial charge in [0.25, 0.3) is 0 Å². The van der Waals surface area contributed by atoms with E-state index in [1.807, 2.05) is 0 Å². The van der Waals surface area contributed by atoms with Gasteiger partial charge in [0.15, 0.2) is 0 Å². The van der Waals surface area contributed by atoms with Gasteiger partial charge in [-0.05, 0) is 0 Å². The third kappa shape index (κ3) is 2.38. The first kappa shape index (κ1) is 7.56. The topological polar surface area (TPSA) is 23.1 Å². The molecule has 0 saturated heterocycles. The van der Waals surface area contributed by atoms with Crippen LogP contribution in [0.5, 0.6) is 0 Å². The maximum absolute atomic E-state index is 10.3. The number of hydrogen-bond donors (Lipinski definition) is 0. The molecule has 1 saturated carbocycles. The molecule has 0 amide bonds. The second kappa shape index (κ2) is 3.55. The molecule has 1 aliphatic carbocycles. The van der Waals surface area contributed by atoms with E-state index in [2.05, 4.69) is 0 Å². The Morgan fingerprint density at radius 3 is 1.71 bits per heavy atom. The first-order valence-electron chi connectivity index (χ1n) is 2.55. The van der Waals surface area contributed by atoms with Crippen LogP contribution in [0.2, 0.25) is 0 Å². The van der Waals surface area contributed by atoms with Crippen LogP contribution in [-0.4, -0.2) is 6.10 Å². The molecule has 0 N–H and O–H groups in total. The zero-order valence-corrected chi connectivity index (χ0v) is 4.81. The van der Waals surface area contributed by atoms with Gasteiger partial charge < -0.3 is 5.11 Å². The number of rotatable bonds is 0. The van der Waals surface area contributed by atoms with Crippen molar-refractivity contribution in [1.82, 2.24) is 0 Å². The van der Waals surface area contributed by atoms with Gasteiger partial charge in [-0.3, -0.25) is 0 Å². The summed E-state index contributed by atoms with van der Waals surface area (Å²) in [4.78, 5) is 0. The first-order chi connectivity index (χ1) is 2.89. The minimum Gasteiger partial charge on any atom is -0.852 e. The second-order valence-electron chi connectivity index (χ2n) is 1.91. The third-order valence-corrected chi connectivity index (χ3v) is 1.30. The normalized spacial score (nSPS) is 21.9. The third-order valence-electron chi connectivity index (χ3n) is 1.30. The van der Waals surface area contributed by atoms with Crippen molar-refractivity contribution in [3.63, 3.8) is 0 Å². The van der Waals surface area contributed by atoms with Crippen molar-refractivity contribution in [3.8, 4) is 0 Å². The molecule has 0 unspecified atom stereocenters. The van der Waals surface area contributed by atoms with Crippen LogP contribution in [-0.2, 0) is 0 Å². The molecule has 1 aliphatic rings. The quantitative estimate of drug-likeness (QED) is 0.298. The van der Waals surface area contributed by atoms with E-state index in [0.717, 1.165) is 12.8 Å². The van der Waals surface area contributed by atoms with Gasteiger partial charge in [-0.2, -0.15) is 0 Å². The summed E-state index contributed by atoms with van der Waals surface area (Å²) >= 11 is 0. The Kier molecular flexibility index (Phi) is 3.83. The molecule has 36 valence electrons. The molecule has 0 radical (unpaired) electrons. The van der Waals surface area contributed by atoms with Gasteiger partial charge in [-0.15, -0.1) is 6.10 Å². The molecule has 7 heavy (non-hydrogen) atoms. The predicted octanol–water partition coefficient (Wildman–Crippen LogP) is -2.71. The largest absolute Gasteiger partial charge is 1.00 e. The second-order valence-corrected chi connectivity index (χ2v) is 1.91. The Labute approximate surface area is 56.3 Å². The molecule has 0 aromatic heterocycles. The molecule has 0 aromatic rings. The number of hydrogen-bond acceptors (Lipinski definition) is 1. The Bertz CT molecular complexity index is 41.3. The molecule has 0 heterocycles. The van der Waals surface area contributed by atoms with Crippen LogP contribution in [0.25, 0.3) is 0 Å². The fourth-order valence-electron chi connectivity index (χ4n) is 0.888. The monoisotopic (exact) mass is 92.1 g/mol. The van der Waals surface area contributed by atoms with Crippen LogP contribution in [0.1, 0.15) is 25.7 Å². The Morgan fingerprint density at radius 2 is 1.57 bits per heavy atom. The summed E-state index contributed by atoms with van der Waals surface area (Å²) in [6, 6.07) is 0. The SMILES string of the molecule is [Li+].[O-]C1CCCC1. The van der Waals surface area contributed by atoms with Gasteiger partial charge in [-0.25, -0.2) is 0 Å². The minimum absolute atomic E-state index is 0. The summed E-state index contributed by atoms with van der Waals surface area (Å²) in [5.74, 6) is 0. The van der Waals surface area contributed by atoms with E-state index in [9.17, 15) is 5.11 Å². The van der Waals surface area contributed by atoms with Crippen molar-refractivity contribution in [2.45, 2.75) is 31.8 Å². The summed E-state index contributed by atoms with van der Waals surface area (Å²) in [5, 5.41) is 10.3. The van der Waals surface area contributed by atoms with Crippen molar-refractivity contribution >= 4 is 0 Å². The predicted molar refractivity (Wildman–Crippen MR) is 22.3 cm³/mol. The van der Waals surface area contributed by atoms with Crippen LogP contribution in [0.4, 0.5) is 0 Å². The summed E-state index contributed by atoms with van der Waals surface area (Å²) in [6.07, 6.45) is 4.01. The zero-order valence-electron chi connectivity index (χ0n) is 4.81. The van der Waals surface area contributed by atoms with Crippen molar-refractivity contribution in [2.24, 2.45) is 0 Å². The average Bonchev–Trinajstić information content (AvgIpc) is 1.86. The minimum atomic E-state index is -0.204. The molecule has 1 rings (SSSR count). The van der Waals surface area contributed by atoms with E-state index in [1.54, 1.807) is 0 Å². The van der Waals surface area contributed by atoms with E-state index in [-0.39, 0.29) is 25.0 Å². The van der Waals surface area contributed by atoms with Gasteiger partial charge in [0.1, 0.15) is 0 Å². The van der Waals surface area contributed by atoms with Crippen LogP contribution < -0.4 is 24.0 Å². The van der Waals surface area contributed by atoms with Gasteiger partial charge in [0.05, 0.1) is 0 Å². The van der Waals surface area contributed by atoms with Crippen molar-refractivity contribution in [1.29, 1.82) is 0 Å². The van der Waals surface area contributed by atoms with Crippen molar-refractivity contribution < 1.29 is 24.0 Å². The standard InChI is InChI=1S/C5H9O.Li/c6-5-3-1-2-4-5;/h5H,1-4H2;/q-1;+1. The molecule has 0 spiro atoms. The first-order valence-corrected chi connectivity index (χ1v) is 2.55. The van der Waals surface area contributed by atoms with Gasteiger partial charge in [-0.1, -0.05) is 25.7 Å². The summed E-state index contributed by atoms with van der Waals surface area (Å²) < 4.78 is 0. The molecule has 1 nitrogen and oxygen atoms in total. The molecule has 0 atom stereocenters. The fourth-order valence-corrected chi connectivity index (χ4v) is 0.888. The van der Waals surface area contributed by atoms with Crippen LogP contribution >= 0.6 is 0 Å². The summed E-state index contributed by atoms with van der Waals surface area (Å²) in [6.45, 7) is 0. The van der Waals surface area contributed by atoms with Crippen molar-refractivity contribution in [3.05, 3.63) is 0 Å². The molecule has 0 bridgehead atoms. The van der Waals surface area contributed by atoms with E-state index >= 15 is 0 Å². The molecule has 0 aromatic carbocycles. The maximum Gasteiger partial charge on any atom is 1.00 e. The van der Waals surface area contributed by atoms with Gasteiger partial charge in [0, 0.05) is 0 Å². The van der Waals surface area contributed by atoms with E-state index < -0.39 is 0 Å². The fraction of sp³-hybridized carbons (Fsp3) is 1.00. The van der Waals surface area contributed by atoms with Crippen LogP contribution in [0.3, 0.4) is 0 Å². The Balaban J connectivity index is 0.000000360. The van der Waals surface area contributed by atoms with Crippen molar-refractivity contribution in [2.75, 3.05) is 0 Å². The molecular formula is C5H9LiO.